The highest BCUT2D eigenvalue weighted by atomic mass is 35.5. The van der Waals surface area contributed by atoms with E-state index in [-0.39, 0.29) is 24.0 Å². The van der Waals surface area contributed by atoms with Crippen molar-refractivity contribution >= 4 is 29.1 Å². The number of amides is 1. The van der Waals surface area contributed by atoms with Gasteiger partial charge in [-0.05, 0) is 49.2 Å². The van der Waals surface area contributed by atoms with Gasteiger partial charge in [0.15, 0.2) is 0 Å². The second-order valence-corrected chi connectivity index (χ2v) is 10.2. The number of carbonyl (C=O) groups is 1. The van der Waals surface area contributed by atoms with Gasteiger partial charge in [0, 0.05) is 19.6 Å². The number of hydrogen-bond acceptors (Lipinski definition) is 4. The Kier molecular flexibility index (Phi) is 7.24. The van der Waals surface area contributed by atoms with Crippen LogP contribution in [-0.4, -0.2) is 78.1 Å². The van der Waals surface area contributed by atoms with Crippen molar-refractivity contribution in [3.63, 3.8) is 0 Å². The van der Waals surface area contributed by atoms with Crippen LogP contribution in [0.1, 0.15) is 24.0 Å². The van der Waals surface area contributed by atoms with E-state index in [1.165, 1.54) is 18.4 Å². The van der Waals surface area contributed by atoms with Crippen LogP contribution < -0.4 is 0 Å². The lowest BCUT2D eigenvalue weighted by atomic mass is 9.90. The molecule has 2 unspecified atom stereocenters. The smallest absolute Gasteiger partial charge is 0.227 e. The molecule has 0 N–H and O–H groups in total. The van der Waals surface area contributed by atoms with E-state index in [1.54, 1.807) is 6.07 Å². The molecule has 5 rings (SSSR count). The van der Waals surface area contributed by atoms with E-state index in [4.69, 9.17) is 27.9 Å². The van der Waals surface area contributed by atoms with Crippen molar-refractivity contribution in [2.24, 2.45) is 0 Å². The summed E-state index contributed by atoms with van der Waals surface area (Å²) in [5.74, 6) is 0.161. The minimum absolute atomic E-state index is 0.129. The molecule has 0 aliphatic carbocycles. The van der Waals surface area contributed by atoms with E-state index in [9.17, 15) is 4.79 Å². The van der Waals surface area contributed by atoms with Crippen LogP contribution in [0, 0.1) is 0 Å². The van der Waals surface area contributed by atoms with Crippen molar-refractivity contribution in [3.8, 4) is 0 Å². The fourth-order valence-electron chi connectivity index (χ4n) is 5.68. The average Bonchev–Trinajstić information content (AvgIpc) is 3.37. The Balaban J connectivity index is 1.39. The number of ether oxygens (including phenoxy) is 1. The largest absolute Gasteiger partial charge is 0.378 e. The monoisotopic (exact) mass is 487 g/mol. The molecule has 3 atom stereocenters. The summed E-state index contributed by atoms with van der Waals surface area (Å²) in [6, 6.07) is 16.6. The first-order valence-electron chi connectivity index (χ1n) is 11.9. The van der Waals surface area contributed by atoms with Gasteiger partial charge in [0.25, 0.3) is 0 Å². The lowest BCUT2D eigenvalue weighted by Crippen LogP contribution is -2.71. The highest BCUT2D eigenvalue weighted by Gasteiger charge is 2.47. The second-order valence-electron chi connectivity index (χ2n) is 9.37. The first-order chi connectivity index (χ1) is 16.1. The molecule has 3 fully saturated rings. The number of hydrogen-bond donors (Lipinski definition) is 0. The van der Waals surface area contributed by atoms with Crippen molar-refractivity contribution in [1.29, 1.82) is 0 Å². The summed E-state index contributed by atoms with van der Waals surface area (Å²) in [5, 5.41) is 1.01. The molecule has 0 aromatic heterocycles. The van der Waals surface area contributed by atoms with Crippen LogP contribution in [0.4, 0.5) is 0 Å². The summed E-state index contributed by atoms with van der Waals surface area (Å²) in [7, 11) is 0. The molecule has 2 aromatic rings. The number of carbonyl (C=O) groups excluding carboxylic acids is 1. The molecular weight excluding hydrogens is 457 g/mol. The predicted molar refractivity (Wildman–Crippen MR) is 132 cm³/mol. The van der Waals surface area contributed by atoms with Crippen LogP contribution in [0.5, 0.6) is 0 Å². The van der Waals surface area contributed by atoms with Crippen LogP contribution in [0.25, 0.3) is 0 Å². The zero-order chi connectivity index (χ0) is 22.8. The van der Waals surface area contributed by atoms with Gasteiger partial charge in [-0.25, -0.2) is 0 Å². The van der Waals surface area contributed by atoms with Crippen molar-refractivity contribution in [2.45, 2.75) is 43.9 Å². The fourth-order valence-corrected chi connectivity index (χ4v) is 6.00. The van der Waals surface area contributed by atoms with Gasteiger partial charge in [-0.3, -0.25) is 14.6 Å². The zero-order valence-electron chi connectivity index (χ0n) is 18.8. The third-order valence-electron chi connectivity index (χ3n) is 7.32. The van der Waals surface area contributed by atoms with Crippen molar-refractivity contribution in [1.82, 2.24) is 14.7 Å². The molecule has 1 amide bonds. The Hall–Kier alpha value is -1.63. The molecule has 3 heterocycles. The van der Waals surface area contributed by atoms with Crippen LogP contribution in [-0.2, 0) is 22.5 Å². The number of halogens is 2. The van der Waals surface area contributed by atoms with E-state index in [2.05, 4.69) is 45.0 Å². The zero-order valence-corrected chi connectivity index (χ0v) is 20.3. The molecule has 2 aromatic carbocycles. The molecule has 176 valence electrons. The quantitative estimate of drug-likeness (QED) is 0.635. The topological polar surface area (TPSA) is 36.0 Å². The van der Waals surface area contributed by atoms with Gasteiger partial charge < -0.3 is 9.64 Å². The van der Waals surface area contributed by atoms with Gasteiger partial charge in [0.05, 0.1) is 47.8 Å². The third kappa shape index (κ3) is 5.08. The maximum absolute atomic E-state index is 13.6. The van der Waals surface area contributed by atoms with Gasteiger partial charge >= 0.3 is 0 Å². The first kappa shape index (κ1) is 23.1. The summed E-state index contributed by atoms with van der Waals surface area (Å²) in [6.45, 7) is 6.00. The number of benzene rings is 2. The number of piperazine rings is 1. The molecule has 0 spiro atoms. The summed E-state index contributed by atoms with van der Waals surface area (Å²) < 4.78 is 6.15. The first-order valence-corrected chi connectivity index (χ1v) is 12.7. The molecule has 3 aliphatic rings. The maximum Gasteiger partial charge on any atom is 0.227 e. The Labute approximate surface area is 206 Å². The van der Waals surface area contributed by atoms with Crippen LogP contribution in [0.15, 0.2) is 48.5 Å². The minimum atomic E-state index is 0.129. The molecule has 0 radical (unpaired) electrons. The van der Waals surface area contributed by atoms with Crippen molar-refractivity contribution in [3.05, 3.63) is 69.7 Å². The summed E-state index contributed by atoms with van der Waals surface area (Å²) in [6.07, 6.45) is 2.78. The average molecular weight is 488 g/mol. The van der Waals surface area contributed by atoms with Crippen molar-refractivity contribution in [2.75, 3.05) is 39.4 Å². The molecule has 3 saturated heterocycles. The third-order valence-corrected chi connectivity index (χ3v) is 8.06. The molecule has 0 bridgehead atoms. The van der Waals surface area contributed by atoms with E-state index in [0.29, 0.717) is 29.7 Å². The van der Waals surface area contributed by atoms with Gasteiger partial charge in [-0.15, -0.1) is 0 Å². The second kappa shape index (κ2) is 10.3. The highest BCUT2D eigenvalue weighted by Crippen LogP contribution is 2.31. The Morgan fingerprint density at radius 2 is 1.64 bits per heavy atom. The SMILES string of the molecule is O=C(Cc1ccc(Cl)c(Cl)c1)N1CCN(Cc2ccccc2)C2COC[C@H](N3CCCC3)C21. The fraction of sp³-hybridized carbons (Fsp3) is 0.500. The van der Waals surface area contributed by atoms with Crippen LogP contribution in [0.3, 0.4) is 0 Å². The maximum atomic E-state index is 13.6. The van der Waals surface area contributed by atoms with Crippen LogP contribution >= 0.6 is 23.2 Å². The number of rotatable bonds is 5. The standard InChI is InChI=1S/C26H31Cl2N3O2/c27-21-9-8-20(14-22(21)28)15-25(32)31-13-12-30(16-19-6-2-1-3-7-19)24-18-33-17-23(26(24)31)29-10-4-5-11-29/h1-3,6-9,14,23-24,26H,4-5,10-13,15-18H2/t23-,24?,26?/m0/s1. The Bertz CT molecular complexity index is 967. The van der Waals surface area contributed by atoms with E-state index in [0.717, 1.165) is 38.3 Å². The highest BCUT2D eigenvalue weighted by molar-refractivity contribution is 6.42. The summed E-state index contributed by atoms with van der Waals surface area (Å²) in [5.41, 5.74) is 2.21. The van der Waals surface area contributed by atoms with E-state index in [1.807, 2.05) is 12.1 Å². The predicted octanol–water partition coefficient (Wildman–Crippen LogP) is 4.11. The molecule has 33 heavy (non-hydrogen) atoms. The summed E-state index contributed by atoms with van der Waals surface area (Å²) >= 11 is 12.3. The molecular formula is C26H31Cl2N3O2. The molecule has 3 aliphatic heterocycles. The van der Waals surface area contributed by atoms with Gasteiger partial charge in [0.2, 0.25) is 5.91 Å². The number of fused-ring (bicyclic) bond motifs is 1. The van der Waals surface area contributed by atoms with E-state index < -0.39 is 0 Å². The van der Waals surface area contributed by atoms with Gasteiger partial charge in [-0.2, -0.15) is 0 Å². The number of likely N-dealkylation sites (tertiary alicyclic amines) is 1. The lowest BCUT2D eigenvalue weighted by Gasteiger charge is -2.54. The Morgan fingerprint density at radius 1 is 0.879 bits per heavy atom. The van der Waals surface area contributed by atoms with Gasteiger partial charge in [0.1, 0.15) is 0 Å². The van der Waals surface area contributed by atoms with Gasteiger partial charge in [-0.1, -0.05) is 59.6 Å². The Morgan fingerprint density at radius 3 is 2.39 bits per heavy atom. The van der Waals surface area contributed by atoms with E-state index >= 15 is 0 Å². The van der Waals surface area contributed by atoms with Crippen molar-refractivity contribution < 1.29 is 9.53 Å². The summed E-state index contributed by atoms with van der Waals surface area (Å²) in [4.78, 5) is 20.8. The normalized spacial score (nSPS) is 26.4. The molecule has 5 nitrogen and oxygen atoms in total. The minimum Gasteiger partial charge on any atom is -0.378 e. The number of nitrogens with zero attached hydrogens (tertiary/aromatic N) is 3. The lowest BCUT2D eigenvalue weighted by molar-refractivity contribution is -0.153. The van der Waals surface area contributed by atoms with Crippen LogP contribution in [0.2, 0.25) is 10.0 Å². The molecule has 0 saturated carbocycles. The molecule has 7 heteroatoms.